The topological polar surface area (TPSA) is 69.2 Å². The highest BCUT2D eigenvalue weighted by molar-refractivity contribution is 5.93. The third kappa shape index (κ3) is 5.03. The lowest BCUT2D eigenvalue weighted by Crippen LogP contribution is -2.17. The van der Waals surface area contributed by atoms with Gasteiger partial charge in [0.05, 0.1) is 26.1 Å². The number of para-hydroxylation sites is 2. The number of hydrogen-bond donors (Lipinski definition) is 1. The van der Waals surface area contributed by atoms with Gasteiger partial charge in [-0.25, -0.2) is 0 Å². The van der Waals surface area contributed by atoms with E-state index in [1.165, 1.54) is 6.21 Å². The maximum atomic E-state index is 11.8. The minimum atomic E-state index is -0.318. The van der Waals surface area contributed by atoms with Crippen LogP contribution in [0, 0.1) is 0 Å². The number of carbonyl (C=O) groups is 1. The molecule has 0 aliphatic rings. The van der Waals surface area contributed by atoms with Crippen LogP contribution in [0.1, 0.15) is 5.56 Å². The first-order chi connectivity index (χ1) is 11.2. The van der Waals surface area contributed by atoms with Crippen molar-refractivity contribution >= 4 is 17.8 Å². The number of oxime groups is 1. The molecular formula is C17H18N2O4. The molecule has 0 fully saturated rings. The monoisotopic (exact) mass is 314 g/mol. The maximum absolute atomic E-state index is 11.8. The van der Waals surface area contributed by atoms with E-state index >= 15 is 0 Å². The van der Waals surface area contributed by atoms with Crippen molar-refractivity contribution in [2.45, 2.75) is 0 Å². The van der Waals surface area contributed by atoms with Gasteiger partial charge in [0.25, 0.3) is 5.91 Å². The number of rotatable bonds is 7. The summed E-state index contributed by atoms with van der Waals surface area (Å²) in [5.41, 5.74) is 1.43. The van der Waals surface area contributed by atoms with Gasteiger partial charge in [0.15, 0.2) is 6.61 Å². The van der Waals surface area contributed by atoms with E-state index in [2.05, 4.69) is 10.5 Å². The van der Waals surface area contributed by atoms with Crippen LogP contribution in [0.4, 0.5) is 5.69 Å². The van der Waals surface area contributed by atoms with Crippen molar-refractivity contribution in [2.75, 3.05) is 26.1 Å². The molecule has 0 saturated heterocycles. The average molecular weight is 314 g/mol. The van der Waals surface area contributed by atoms with Crippen LogP contribution in [-0.4, -0.2) is 32.9 Å². The van der Waals surface area contributed by atoms with Gasteiger partial charge in [0, 0.05) is 0 Å². The molecule has 6 nitrogen and oxygen atoms in total. The van der Waals surface area contributed by atoms with Gasteiger partial charge in [-0.1, -0.05) is 17.3 Å². The number of nitrogens with one attached hydrogen (secondary N) is 1. The number of ether oxygens (including phenoxy) is 2. The van der Waals surface area contributed by atoms with E-state index in [4.69, 9.17) is 14.3 Å². The second-order valence-corrected chi connectivity index (χ2v) is 4.53. The van der Waals surface area contributed by atoms with Crippen LogP contribution in [0.25, 0.3) is 0 Å². The van der Waals surface area contributed by atoms with Crippen LogP contribution in [0.2, 0.25) is 0 Å². The highest BCUT2D eigenvalue weighted by Gasteiger charge is 2.06. The van der Waals surface area contributed by atoms with Crippen molar-refractivity contribution in [1.29, 1.82) is 0 Å². The summed E-state index contributed by atoms with van der Waals surface area (Å²) >= 11 is 0. The van der Waals surface area contributed by atoms with Gasteiger partial charge in [-0.2, -0.15) is 0 Å². The van der Waals surface area contributed by atoms with E-state index in [0.29, 0.717) is 11.4 Å². The predicted octanol–water partition coefficient (Wildman–Crippen LogP) is 2.69. The summed E-state index contributed by atoms with van der Waals surface area (Å²) in [5, 5.41) is 6.46. The molecule has 0 aromatic heterocycles. The third-order valence-corrected chi connectivity index (χ3v) is 2.97. The summed E-state index contributed by atoms with van der Waals surface area (Å²) in [5.74, 6) is 1.03. The highest BCUT2D eigenvalue weighted by Crippen LogP contribution is 2.22. The first-order valence-corrected chi connectivity index (χ1v) is 6.95. The summed E-state index contributed by atoms with van der Waals surface area (Å²) in [6, 6.07) is 14.4. The van der Waals surface area contributed by atoms with Crippen molar-refractivity contribution < 1.29 is 19.1 Å². The zero-order valence-electron chi connectivity index (χ0n) is 13.0. The third-order valence-electron chi connectivity index (χ3n) is 2.97. The fraction of sp³-hybridized carbons (Fsp3) is 0.176. The van der Waals surface area contributed by atoms with Crippen LogP contribution in [0.15, 0.2) is 53.7 Å². The summed E-state index contributed by atoms with van der Waals surface area (Å²) < 4.78 is 10.2. The van der Waals surface area contributed by atoms with Crippen molar-refractivity contribution in [3.05, 3.63) is 54.1 Å². The molecule has 0 spiro atoms. The molecule has 23 heavy (non-hydrogen) atoms. The SMILES string of the molecule is COc1ccc(/C=N/OCC(=O)Nc2ccccc2OC)cc1. The molecule has 6 heteroatoms. The molecule has 1 amide bonds. The molecule has 0 bridgehead atoms. The molecule has 2 rings (SSSR count). The Morgan fingerprint density at radius 3 is 2.52 bits per heavy atom. The lowest BCUT2D eigenvalue weighted by atomic mass is 10.2. The molecule has 0 saturated carbocycles. The number of anilines is 1. The second kappa shape index (κ2) is 8.43. The predicted molar refractivity (Wildman–Crippen MR) is 88.2 cm³/mol. The van der Waals surface area contributed by atoms with E-state index in [-0.39, 0.29) is 12.5 Å². The molecular weight excluding hydrogens is 296 g/mol. The van der Waals surface area contributed by atoms with Gasteiger partial charge >= 0.3 is 0 Å². The zero-order chi connectivity index (χ0) is 16.5. The Morgan fingerprint density at radius 2 is 1.83 bits per heavy atom. The van der Waals surface area contributed by atoms with E-state index in [9.17, 15) is 4.79 Å². The lowest BCUT2D eigenvalue weighted by Gasteiger charge is -2.08. The van der Waals surface area contributed by atoms with Crippen LogP contribution in [0.3, 0.4) is 0 Å². The van der Waals surface area contributed by atoms with E-state index in [1.54, 1.807) is 32.4 Å². The molecule has 0 unspecified atom stereocenters. The van der Waals surface area contributed by atoms with Gasteiger partial charge in [-0.05, 0) is 42.0 Å². The molecule has 0 atom stereocenters. The van der Waals surface area contributed by atoms with Crippen LogP contribution in [0.5, 0.6) is 11.5 Å². The zero-order valence-corrected chi connectivity index (χ0v) is 13.0. The first-order valence-electron chi connectivity index (χ1n) is 6.95. The number of nitrogens with zero attached hydrogens (tertiary/aromatic N) is 1. The Balaban J connectivity index is 1.81. The van der Waals surface area contributed by atoms with Crippen LogP contribution in [-0.2, 0) is 9.63 Å². The minimum absolute atomic E-state index is 0.190. The summed E-state index contributed by atoms with van der Waals surface area (Å²) in [4.78, 5) is 16.8. The molecule has 120 valence electrons. The van der Waals surface area contributed by atoms with Gasteiger partial charge < -0.3 is 19.6 Å². The molecule has 2 aromatic rings. The summed E-state index contributed by atoms with van der Waals surface area (Å²) in [7, 11) is 3.15. The Bertz CT molecular complexity index is 669. The van der Waals surface area contributed by atoms with Gasteiger partial charge in [0.1, 0.15) is 11.5 Å². The smallest absolute Gasteiger partial charge is 0.265 e. The normalized spacial score (nSPS) is 10.3. The molecule has 0 heterocycles. The molecule has 1 N–H and O–H groups in total. The van der Waals surface area contributed by atoms with Crippen LogP contribution >= 0.6 is 0 Å². The van der Waals surface area contributed by atoms with Crippen LogP contribution < -0.4 is 14.8 Å². The number of benzene rings is 2. The number of carbonyl (C=O) groups excluding carboxylic acids is 1. The molecule has 0 aliphatic carbocycles. The van der Waals surface area contributed by atoms with Crippen molar-refractivity contribution in [2.24, 2.45) is 5.16 Å². The number of hydrogen-bond acceptors (Lipinski definition) is 5. The fourth-order valence-corrected chi connectivity index (χ4v) is 1.82. The number of amides is 1. The Kier molecular flexibility index (Phi) is 5.99. The Morgan fingerprint density at radius 1 is 1.09 bits per heavy atom. The average Bonchev–Trinajstić information content (AvgIpc) is 2.59. The van der Waals surface area contributed by atoms with Crippen molar-refractivity contribution in [3.63, 3.8) is 0 Å². The van der Waals surface area contributed by atoms with E-state index in [0.717, 1.165) is 11.3 Å². The van der Waals surface area contributed by atoms with E-state index < -0.39 is 0 Å². The highest BCUT2D eigenvalue weighted by atomic mass is 16.6. The Labute approximate surface area is 134 Å². The first kappa shape index (κ1) is 16.4. The molecule has 0 radical (unpaired) electrons. The Hall–Kier alpha value is -3.02. The summed E-state index contributed by atoms with van der Waals surface area (Å²) in [6.45, 7) is -0.190. The van der Waals surface area contributed by atoms with Crippen molar-refractivity contribution in [3.8, 4) is 11.5 Å². The van der Waals surface area contributed by atoms with Gasteiger partial charge in [-0.3, -0.25) is 4.79 Å². The van der Waals surface area contributed by atoms with Gasteiger partial charge in [0.2, 0.25) is 0 Å². The largest absolute Gasteiger partial charge is 0.497 e. The number of methoxy groups -OCH3 is 2. The quantitative estimate of drug-likeness (QED) is 0.630. The fourth-order valence-electron chi connectivity index (χ4n) is 1.82. The summed E-state index contributed by atoms with van der Waals surface area (Å²) in [6.07, 6.45) is 1.52. The maximum Gasteiger partial charge on any atom is 0.265 e. The van der Waals surface area contributed by atoms with Crippen molar-refractivity contribution in [1.82, 2.24) is 0 Å². The van der Waals surface area contributed by atoms with E-state index in [1.807, 2.05) is 30.3 Å². The molecule has 2 aromatic carbocycles. The molecule has 0 aliphatic heterocycles. The lowest BCUT2D eigenvalue weighted by molar-refractivity contribution is -0.120. The standard InChI is InChI=1S/C17H18N2O4/c1-21-14-9-7-13(8-10-14)11-18-23-12-17(20)19-15-5-3-4-6-16(15)22-2/h3-11H,12H2,1-2H3,(H,19,20)/b18-11+. The second-order valence-electron chi connectivity index (χ2n) is 4.53. The minimum Gasteiger partial charge on any atom is -0.497 e. The van der Waals surface area contributed by atoms with Gasteiger partial charge in [-0.15, -0.1) is 0 Å².